The molecule has 26 heavy (non-hydrogen) atoms. The van der Waals surface area contributed by atoms with Crippen LogP contribution in [0.2, 0.25) is 5.02 Å². The van der Waals surface area contributed by atoms with Gasteiger partial charge in [0.1, 0.15) is 5.76 Å². The third kappa shape index (κ3) is 2.42. The number of amides is 2. The molecule has 7 heteroatoms. The van der Waals surface area contributed by atoms with Crippen LogP contribution in [0.15, 0.2) is 36.4 Å². The second-order valence-corrected chi connectivity index (χ2v) is 6.23. The van der Waals surface area contributed by atoms with Gasteiger partial charge in [-0.05, 0) is 30.3 Å². The first-order valence-electron chi connectivity index (χ1n) is 7.84. The SMILES string of the molecule is CO/C(=C1/C(=O)N(C(C)=O)c2cc(Cl)ccc21)c1ccc2c(c1)OCO2. The summed E-state index contributed by atoms with van der Waals surface area (Å²) < 4.78 is 16.3. The number of rotatable bonds is 2. The van der Waals surface area contributed by atoms with Crippen molar-refractivity contribution in [1.29, 1.82) is 0 Å². The molecule has 0 unspecified atom stereocenters. The van der Waals surface area contributed by atoms with Crippen molar-refractivity contribution in [2.75, 3.05) is 18.8 Å². The fraction of sp³-hybridized carbons (Fsp3) is 0.158. The zero-order valence-electron chi connectivity index (χ0n) is 14.0. The third-order valence-electron chi connectivity index (χ3n) is 4.27. The standard InChI is InChI=1S/C19H14ClNO5/c1-10(22)21-14-8-12(20)4-5-13(14)17(19(21)23)18(24-2)11-3-6-15-16(7-11)26-9-25-15/h3-8H,9H2,1-2H3/b18-17+. The van der Waals surface area contributed by atoms with E-state index in [0.717, 1.165) is 4.90 Å². The predicted molar refractivity (Wildman–Crippen MR) is 96.0 cm³/mol. The first-order chi connectivity index (χ1) is 12.5. The number of benzene rings is 2. The molecule has 0 radical (unpaired) electrons. The average Bonchev–Trinajstić information content (AvgIpc) is 3.17. The number of hydrogen-bond acceptors (Lipinski definition) is 5. The summed E-state index contributed by atoms with van der Waals surface area (Å²) in [7, 11) is 1.48. The summed E-state index contributed by atoms with van der Waals surface area (Å²) in [5.74, 6) is 0.701. The summed E-state index contributed by atoms with van der Waals surface area (Å²) in [4.78, 5) is 26.1. The fourth-order valence-electron chi connectivity index (χ4n) is 3.17. The van der Waals surface area contributed by atoms with Crippen LogP contribution in [-0.4, -0.2) is 25.7 Å². The van der Waals surface area contributed by atoms with E-state index in [1.807, 2.05) is 0 Å². The van der Waals surface area contributed by atoms with E-state index in [1.165, 1.54) is 14.0 Å². The van der Waals surface area contributed by atoms with E-state index >= 15 is 0 Å². The Bertz CT molecular complexity index is 982. The number of carbonyl (C=O) groups is 2. The Morgan fingerprint density at radius 1 is 1.15 bits per heavy atom. The van der Waals surface area contributed by atoms with Gasteiger partial charge in [-0.1, -0.05) is 17.7 Å². The number of carbonyl (C=O) groups excluding carboxylic acids is 2. The molecule has 0 fully saturated rings. The summed E-state index contributed by atoms with van der Waals surface area (Å²) in [5, 5.41) is 0.436. The second kappa shape index (κ2) is 6.07. The molecule has 0 spiro atoms. The zero-order valence-corrected chi connectivity index (χ0v) is 14.8. The van der Waals surface area contributed by atoms with Crippen molar-refractivity contribution in [1.82, 2.24) is 0 Å². The summed E-state index contributed by atoms with van der Waals surface area (Å²) in [6, 6.07) is 10.2. The number of methoxy groups -OCH3 is 1. The highest BCUT2D eigenvalue weighted by molar-refractivity contribution is 6.43. The highest BCUT2D eigenvalue weighted by Crippen LogP contribution is 2.43. The summed E-state index contributed by atoms with van der Waals surface area (Å²) in [6.07, 6.45) is 0. The minimum absolute atomic E-state index is 0.149. The Hall–Kier alpha value is -2.99. The lowest BCUT2D eigenvalue weighted by Gasteiger charge is -2.13. The average molecular weight is 372 g/mol. The fourth-order valence-corrected chi connectivity index (χ4v) is 3.34. The van der Waals surface area contributed by atoms with Gasteiger partial charge >= 0.3 is 0 Å². The Balaban J connectivity index is 1.94. The van der Waals surface area contributed by atoms with Crippen LogP contribution in [-0.2, 0) is 14.3 Å². The molecule has 4 rings (SSSR count). The van der Waals surface area contributed by atoms with Gasteiger partial charge in [0.25, 0.3) is 5.91 Å². The van der Waals surface area contributed by atoms with Crippen LogP contribution in [0.25, 0.3) is 11.3 Å². The molecule has 132 valence electrons. The molecule has 0 saturated carbocycles. The van der Waals surface area contributed by atoms with Crippen molar-refractivity contribution in [3.05, 3.63) is 52.5 Å². The summed E-state index contributed by atoms with van der Waals surface area (Å²) in [5.41, 5.74) is 1.98. The van der Waals surface area contributed by atoms with Gasteiger partial charge in [-0.25, -0.2) is 4.90 Å². The van der Waals surface area contributed by atoms with Gasteiger partial charge in [-0.3, -0.25) is 9.59 Å². The van der Waals surface area contributed by atoms with Gasteiger partial charge in [0.15, 0.2) is 11.5 Å². The summed E-state index contributed by atoms with van der Waals surface area (Å²) in [6.45, 7) is 1.48. The molecule has 2 heterocycles. The molecule has 0 saturated heterocycles. The zero-order chi connectivity index (χ0) is 18.4. The molecule has 0 atom stereocenters. The second-order valence-electron chi connectivity index (χ2n) is 5.80. The maximum absolute atomic E-state index is 13.0. The van der Waals surface area contributed by atoms with Crippen molar-refractivity contribution in [3.8, 4) is 11.5 Å². The van der Waals surface area contributed by atoms with Crippen LogP contribution in [0.3, 0.4) is 0 Å². The number of halogens is 1. The number of hydrogen-bond donors (Lipinski definition) is 0. The van der Waals surface area contributed by atoms with E-state index in [2.05, 4.69) is 0 Å². The van der Waals surface area contributed by atoms with Gasteiger partial charge < -0.3 is 14.2 Å². The van der Waals surface area contributed by atoms with E-state index in [-0.39, 0.29) is 6.79 Å². The lowest BCUT2D eigenvalue weighted by molar-refractivity contribution is -0.122. The predicted octanol–water partition coefficient (Wildman–Crippen LogP) is 3.48. The minimum atomic E-state index is -0.454. The Morgan fingerprint density at radius 3 is 2.65 bits per heavy atom. The van der Waals surface area contributed by atoms with Crippen LogP contribution in [0.1, 0.15) is 18.1 Å². The van der Waals surface area contributed by atoms with Gasteiger partial charge in [0, 0.05) is 23.1 Å². The van der Waals surface area contributed by atoms with Crippen LogP contribution in [0.4, 0.5) is 5.69 Å². The summed E-state index contributed by atoms with van der Waals surface area (Å²) >= 11 is 6.06. The van der Waals surface area contributed by atoms with E-state index in [9.17, 15) is 9.59 Å². The molecule has 2 aliphatic heterocycles. The minimum Gasteiger partial charge on any atom is -0.495 e. The van der Waals surface area contributed by atoms with Crippen molar-refractivity contribution in [3.63, 3.8) is 0 Å². The smallest absolute Gasteiger partial charge is 0.269 e. The van der Waals surface area contributed by atoms with Crippen molar-refractivity contribution < 1.29 is 23.8 Å². The van der Waals surface area contributed by atoms with E-state index in [1.54, 1.807) is 36.4 Å². The van der Waals surface area contributed by atoms with E-state index in [0.29, 0.717) is 44.7 Å². The van der Waals surface area contributed by atoms with Crippen LogP contribution >= 0.6 is 11.6 Å². The molecule has 2 aliphatic rings. The van der Waals surface area contributed by atoms with Gasteiger partial charge in [-0.2, -0.15) is 0 Å². The highest BCUT2D eigenvalue weighted by atomic mass is 35.5. The first-order valence-corrected chi connectivity index (χ1v) is 8.22. The number of ether oxygens (including phenoxy) is 3. The molecular weight excluding hydrogens is 358 g/mol. The molecule has 2 amide bonds. The lowest BCUT2D eigenvalue weighted by atomic mass is 10.0. The van der Waals surface area contributed by atoms with Crippen LogP contribution < -0.4 is 14.4 Å². The number of fused-ring (bicyclic) bond motifs is 2. The van der Waals surface area contributed by atoms with E-state index < -0.39 is 11.8 Å². The van der Waals surface area contributed by atoms with Gasteiger partial charge in [0.2, 0.25) is 12.7 Å². The molecule has 0 aliphatic carbocycles. The molecule has 0 bridgehead atoms. The molecule has 2 aromatic carbocycles. The normalized spacial score (nSPS) is 16.6. The van der Waals surface area contributed by atoms with Gasteiger partial charge in [-0.15, -0.1) is 0 Å². The van der Waals surface area contributed by atoms with Crippen molar-refractivity contribution >= 4 is 40.4 Å². The molecule has 2 aromatic rings. The molecular formula is C19H14ClNO5. The van der Waals surface area contributed by atoms with Crippen molar-refractivity contribution in [2.45, 2.75) is 6.92 Å². The topological polar surface area (TPSA) is 65.1 Å². The highest BCUT2D eigenvalue weighted by Gasteiger charge is 2.38. The number of anilines is 1. The Morgan fingerprint density at radius 2 is 1.92 bits per heavy atom. The third-order valence-corrected chi connectivity index (χ3v) is 4.50. The maximum Gasteiger partial charge on any atom is 0.269 e. The monoisotopic (exact) mass is 371 g/mol. The number of nitrogens with zero attached hydrogens (tertiary/aromatic N) is 1. The number of imide groups is 1. The quantitative estimate of drug-likeness (QED) is 0.597. The first kappa shape index (κ1) is 16.5. The Kier molecular flexibility index (Phi) is 3.85. The molecule has 0 aromatic heterocycles. The van der Waals surface area contributed by atoms with E-state index in [4.69, 9.17) is 25.8 Å². The molecule has 6 nitrogen and oxygen atoms in total. The molecule has 0 N–H and O–H groups in total. The Labute approximate surface area is 154 Å². The van der Waals surface area contributed by atoms with Crippen LogP contribution in [0.5, 0.6) is 11.5 Å². The maximum atomic E-state index is 13.0. The van der Waals surface area contributed by atoms with Crippen LogP contribution in [0, 0.1) is 0 Å². The lowest BCUT2D eigenvalue weighted by Crippen LogP contribution is -2.31. The van der Waals surface area contributed by atoms with Gasteiger partial charge in [0.05, 0.1) is 18.4 Å². The van der Waals surface area contributed by atoms with Crippen molar-refractivity contribution in [2.24, 2.45) is 0 Å². The largest absolute Gasteiger partial charge is 0.495 e.